The maximum absolute atomic E-state index is 12.6. The minimum atomic E-state index is -0.706. The summed E-state index contributed by atoms with van der Waals surface area (Å²) in [7, 11) is 1.78. The number of carbonyl (C=O) groups excluding carboxylic acids is 1. The first kappa shape index (κ1) is 22.7. The van der Waals surface area contributed by atoms with Gasteiger partial charge in [-0.1, -0.05) is 17.7 Å². The van der Waals surface area contributed by atoms with Crippen LogP contribution >= 0.6 is 11.6 Å². The van der Waals surface area contributed by atoms with Crippen LogP contribution in [0.3, 0.4) is 0 Å². The molecule has 5 rings (SSSR count). The molecule has 0 unspecified atom stereocenters. The van der Waals surface area contributed by atoms with E-state index < -0.39 is 6.09 Å². The molecular weight excluding hydrogens is 470 g/mol. The number of nitriles is 1. The second kappa shape index (κ2) is 9.66. The molecule has 0 saturated carbocycles. The Balaban J connectivity index is 1.58. The quantitative estimate of drug-likeness (QED) is 0.448. The van der Waals surface area contributed by atoms with Crippen molar-refractivity contribution < 1.29 is 14.3 Å². The molecule has 1 N–H and O–H groups in total. The van der Waals surface area contributed by atoms with Gasteiger partial charge in [0.05, 0.1) is 23.8 Å². The third-order valence-corrected chi connectivity index (χ3v) is 5.84. The molecule has 1 amide bonds. The number of hydrogen-bond acceptors (Lipinski definition) is 8. The van der Waals surface area contributed by atoms with Gasteiger partial charge in [0, 0.05) is 43.2 Å². The van der Waals surface area contributed by atoms with Crippen molar-refractivity contribution in [1.82, 2.24) is 24.7 Å². The highest BCUT2D eigenvalue weighted by molar-refractivity contribution is 6.35. The first-order valence-corrected chi connectivity index (χ1v) is 11.3. The zero-order chi connectivity index (χ0) is 24.4. The Kier molecular flexibility index (Phi) is 6.27. The lowest BCUT2D eigenvalue weighted by Gasteiger charge is -2.22. The minimum absolute atomic E-state index is 0.0116. The number of nitrogens with one attached hydrogen (secondary N) is 1. The van der Waals surface area contributed by atoms with Crippen LogP contribution in [0.15, 0.2) is 42.7 Å². The van der Waals surface area contributed by atoms with Crippen molar-refractivity contribution in [3.63, 3.8) is 0 Å². The summed E-state index contributed by atoms with van der Waals surface area (Å²) in [6, 6.07) is 11.1. The summed E-state index contributed by atoms with van der Waals surface area (Å²) in [4.78, 5) is 26.0. The van der Waals surface area contributed by atoms with Gasteiger partial charge in [0.2, 0.25) is 0 Å². The van der Waals surface area contributed by atoms with E-state index in [1.165, 1.54) is 0 Å². The van der Waals surface area contributed by atoms with Crippen molar-refractivity contribution in [2.75, 3.05) is 18.5 Å². The number of anilines is 1. The number of aromatic nitrogens is 5. The Morgan fingerprint density at radius 1 is 1.26 bits per heavy atom. The van der Waals surface area contributed by atoms with E-state index in [-0.39, 0.29) is 17.6 Å². The second-order valence-corrected chi connectivity index (χ2v) is 8.39. The molecule has 0 aliphatic carbocycles. The van der Waals surface area contributed by atoms with Crippen LogP contribution in [0.1, 0.15) is 18.5 Å². The van der Waals surface area contributed by atoms with Crippen molar-refractivity contribution in [3.8, 4) is 28.7 Å². The fourth-order valence-electron chi connectivity index (χ4n) is 3.88. The zero-order valence-electron chi connectivity index (χ0n) is 18.7. The molecule has 1 aliphatic heterocycles. The summed E-state index contributed by atoms with van der Waals surface area (Å²) >= 11 is 6.50. The van der Waals surface area contributed by atoms with Crippen LogP contribution in [0, 0.1) is 11.3 Å². The van der Waals surface area contributed by atoms with Gasteiger partial charge in [-0.05, 0) is 24.3 Å². The molecule has 0 bridgehead atoms. The Hall–Kier alpha value is -4.07. The zero-order valence-corrected chi connectivity index (χ0v) is 19.5. The number of aryl methyl sites for hydroxylation is 1. The van der Waals surface area contributed by atoms with Crippen LogP contribution in [0.25, 0.3) is 33.5 Å². The van der Waals surface area contributed by atoms with E-state index in [4.69, 9.17) is 21.1 Å². The third kappa shape index (κ3) is 4.77. The summed E-state index contributed by atoms with van der Waals surface area (Å²) in [6.07, 6.45) is 3.69. The van der Waals surface area contributed by atoms with Gasteiger partial charge in [0.15, 0.2) is 11.5 Å². The van der Waals surface area contributed by atoms with Crippen LogP contribution in [-0.2, 0) is 16.5 Å². The van der Waals surface area contributed by atoms with Crippen molar-refractivity contribution in [1.29, 1.82) is 5.26 Å². The Labute approximate surface area is 205 Å². The van der Waals surface area contributed by atoms with Gasteiger partial charge >= 0.3 is 6.09 Å². The molecule has 1 aromatic carbocycles. The maximum Gasteiger partial charge on any atom is 0.413 e. The SMILES string of the molecule is Cn1ccc(-c2nc(NC(=O)OC3CCOCC3)c(C#N)nc2-c2cc(Cl)c3ncccc3c2)n1. The molecule has 35 heavy (non-hydrogen) atoms. The molecule has 11 heteroatoms. The topological polar surface area (TPSA) is 128 Å². The number of amides is 1. The van der Waals surface area contributed by atoms with Crippen LogP contribution in [0.5, 0.6) is 0 Å². The van der Waals surface area contributed by atoms with Gasteiger partial charge in [-0.2, -0.15) is 10.4 Å². The van der Waals surface area contributed by atoms with E-state index in [9.17, 15) is 10.1 Å². The van der Waals surface area contributed by atoms with Crippen molar-refractivity contribution in [3.05, 3.63) is 53.4 Å². The molecule has 10 nitrogen and oxygen atoms in total. The lowest BCUT2D eigenvalue weighted by Crippen LogP contribution is -2.28. The number of halogens is 1. The van der Waals surface area contributed by atoms with E-state index in [0.717, 1.165) is 5.39 Å². The number of pyridine rings is 1. The van der Waals surface area contributed by atoms with E-state index >= 15 is 0 Å². The second-order valence-electron chi connectivity index (χ2n) is 7.98. The summed E-state index contributed by atoms with van der Waals surface area (Å²) in [6.45, 7) is 1.06. The molecule has 0 atom stereocenters. The van der Waals surface area contributed by atoms with Crippen LogP contribution in [0.4, 0.5) is 10.6 Å². The summed E-state index contributed by atoms with van der Waals surface area (Å²) in [5.41, 5.74) is 2.52. The number of hydrogen-bond donors (Lipinski definition) is 1. The van der Waals surface area contributed by atoms with Gasteiger partial charge < -0.3 is 9.47 Å². The summed E-state index contributed by atoms with van der Waals surface area (Å²) < 4.78 is 12.4. The predicted molar refractivity (Wildman–Crippen MR) is 129 cm³/mol. The monoisotopic (exact) mass is 489 g/mol. The van der Waals surface area contributed by atoms with E-state index in [2.05, 4.69) is 25.4 Å². The van der Waals surface area contributed by atoms with E-state index in [1.807, 2.05) is 24.3 Å². The van der Waals surface area contributed by atoms with Gasteiger partial charge in [0.25, 0.3) is 0 Å². The number of benzene rings is 1. The first-order valence-electron chi connectivity index (χ1n) is 10.9. The minimum Gasteiger partial charge on any atom is -0.446 e. The predicted octanol–water partition coefficient (Wildman–Crippen LogP) is 4.34. The van der Waals surface area contributed by atoms with Crippen LogP contribution in [0.2, 0.25) is 5.02 Å². The molecule has 176 valence electrons. The lowest BCUT2D eigenvalue weighted by molar-refractivity contribution is 0.00589. The van der Waals surface area contributed by atoms with Crippen molar-refractivity contribution in [2.45, 2.75) is 18.9 Å². The summed E-state index contributed by atoms with van der Waals surface area (Å²) in [5.74, 6) is -0.0116. The average molecular weight is 490 g/mol. The number of nitrogens with zero attached hydrogens (tertiary/aromatic N) is 6. The van der Waals surface area contributed by atoms with Gasteiger partial charge in [-0.3, -0.25) is 15.0 Å². The highest BCUT2D eigenvalue weighted by Crippen LogP contribution is 2.34. The fourth-order valence-corrected chi connectivity index (χ4v) is 4.15. The summed E-state index contributed by atoms with van der Waals surface area (Å²) in [5, 5.41) is 18.1. The smallest absolute Gasteiger partial charge is 0.413 e. The van der Waals surface area contributed by atoms with Crippen molar-refractivity contribution in [2.24, 2.45) is 7.05 Å². The number of rotatable bonds is 4. The molecule has 4 heterocycles. The van der Waals surface area contributed by atoms with Gasteiger partial charge in [-0.25, -0.2) is 14.8 Å². The van der Waals surface area contributed by atoms with E-state index in [1.54, 1.807) is 36.3 Å². The van der Waals surface area contributed by atoms with Crippen LogP contribution in [-0.4, -0.2) is 50.1 Å². The highest BCUT2D eigenvalue weighted by Gasteiger charge is 2.23. The number of ether oxygens (including phenoxy) is 2. The maximum atomic E-state index is 12.6. The molecule has 4 aromatic rings. The molecule has 1 aliphatic rings. The van der Waals surface area contributed by atoms with Crippen molar-refractivity contribution >= 4 is 34.4 Å². The standard InChI is InChI=1S/C24H20ClN7O3/c1-32-8-4-18(31-32)22-21(15-11-14-3-2-7-27-20(14)17(25)12-15)28-19(13-26)23(29-22)30-24(33)35-16-5-9-34-10-6-16/h2-4,7-8,11-12,16H,5-6,9-10H2,1H3,(H,29,30,33). The normalized spacial score (nSPS) is 14.0. The van der Waals surface area contributed by atoms with Crippen LogP contribution < -0.4 is 5.32 Å². The number of fused-ring (bicyclic) bond motifs is 1. The van der Waals surface area contributed by atoms with Gasteiger partial charge in [-0.15, -0.1) is 0 Å². The van der Waals surface area contributed by atoms with Gasteiger partial charge in [0.1, 0.15) is 29.3 Å². The molecule has 1 saturated heterocycles. The fraction of sp³-hybridized carbons (Fsp3) is 0.250. The molecule has 0 radical (unpaired) electrons. The molecular formula is C24H20ClN7O3. The Morgan fingerprint density at radius 2 is 2.09 bits per heavy atom. The molecule has 1 fully saturated rings. The molecule has 3 aromatic heterocycles. The third-order valence-electron chi connectivity index (χ3n) is 5.55. The molecule has 0 spiro atoms. The number of carbonyl (C=O) groups is 1. The highest BCUT2D eigenvalue weighted by atomic mass is 35.5. The average Bonchev–Trinajstić information content (AvgIpc) is 3.30. The largest absolute Gasteiger partial charge is 0.446 e. The Bertz CT molecular complexity index is 1460. The first-order chi connectivity index (χ1) is 17.0. The lowest BCUT2D eigenvalue weighted by atomic mass is 10.0. The Morgan fingerprint density at radius 3 is 2.83 bits per heavy atom. The van der Waals surface area contributed by atoms with E-state index in [0.29, 0.717) is 59.2 Å².